The second kappa shape index (κ2) is 7.93. The van der Waals surface area contributed by atoms with Crippen LogP contribution >= 0.6 is 11.8 Å². The van der Waals surface area contributed by atoms with E-state index in [0.29, 0.717) is 5.52 Å². The first-order chi connectivity index (χ1) is 14.6. The molecule has 0 spiro atoms. The Hall–Kier alpha value is -2.57. The van der Waals surface area contributed by atoms with Crippen LogP contribution in [0.15, 0.2) is 64.5 Å². The molecule has 4 aromatic rings. The van der Waals surface area contributed by atoms with Crippen molar-refractivity contribution >= 4 is 33.7 Å². The molecule has 0 saturated carbocycles. The van der Waals surface area contributed by atoms with Gasteiger partial charge in [0.25, 0.3) is 5.56 Å². The summed E-state index contributed by atoms with van der Waals surface area (Å²) in [6.45, 7) is 3.60. The van der Waals surface area contributed by atoms with Crippen molar-refractivity contribution in [2.75, 3.05) is 32.4 Å². The molecule has 5 rings (SSSR count). The maximum Gasteiger partial charge on any atom is 0.283 e. The molecule has 2 aromatic carbocycles. The summed E-state index contributed by atoms with van der Waals surface area (Å²) in [7, 11) is 2.36. The van der Waals surface area contributed by atoms with E-state index in [2.05, 4.69) is 12.0 Å². The van der Waals surface area contributed by atoms with Crippen molar-refractivity contribution in [1.82, 2.24) is 14.5 Å². The lowest BCUT2D eigenvalue weighted by atomic mass is 10.1. The van der Waals surface area contributed by atoms with Crippen molar-refractivity contribution in [2.45, 2.75) is 24.4 Å². The molecule has 1 saturated heterocycles. The number of fused-ring (bicyclic) bond motifs is 3. The standard InChI is InChI=1S/C24H26N4OS/c1-28(14-8-3-9-15-28)16-17-30-24-26-21-19-12-6-7-13-20(19)25-22(21)23(29)27(24)18-10-4-2-5-11-18/h2,4-7,10-13H,3,8-9,14-17H2,1H3/p+1. The monoisotopic (exact) mass is 419 g/mol. The van der Waals surface area contributed by atoms with E-state index in [1.807, 2.05) is 54.6 Å². The van der Waals surface area contributed by atoms with E-state index in [4.69, 9.17) is 4.98 Å². The fraction of sp³-hybridized carbons (Fsp3) is 0.333. The number of H-pyrrole nitrogens is 1. The maximum atomic E-state index is 13.5. The van der Waals surface area contributed by atoms with Crippen LogP contribution in [0.3, 0.4) is 0 Å². The highest BCUT2D eigenvalue weighted by atomic mass is 32.2. The Labute approximate surface area is 180 Å². The molecule has 6 heteroatoms. The van der Waals surface area contributed by atoms with Gasteiger partial charge in [-0.3, -0.25) is 9.36 Å². The van der Waals surface area contributed by atoms with Gasteiger partial charge in [0, 0.05) is 10.9 Å². The number of quaternary nitrogens is 1. The number of likely N-dealkylation sites (tertiary alicyclic amines) is 1. The summed E-state index contributed by atoms with van der Waals surface area (Å²) < 4.78 is 2.89. The summed E-state index contributed by atoms with van der Waals surface area (Å²) in [5.74, 6) is 0.948. The number of hydrogen-bond acceptors (Lipinski definition) is 3. The van der Waals surface area contributed by atoms with Gasteiger partial charge in [-0.1, -0.05) is 48.2 Å². The number of benzene rings is 2. The number of para-hydroxylation sites is 2. The van der Waals surface area contributed by atoms with Crippen molar-refractivity contribution in [2.24, 2.45) is 0 Å². The third-order valence-electron chi connectivity index (χ3n) is 6.27. The van der Waals surface area contributed by atoms with E-state index in [-0.39, 0.29) is 5.56 Å². The number of rotatable bonds is 5. The van der Waals surface area contributed by atoms with Crippen LogP contribution in [0, 0.1) is 0 Å². The number of aromatic amines is 1. The molecule has 0 amide bonds. The number of aromatic nitrogens is 3. The predicted molar refractivity (Wildman–Crippen MR) is 125 cm³/mol. The molecule has 0 bridgehead atoms. The van der Waals surface area contributed by atoms with Crippen LogP contribution in [0.4, 0.5) is 0 Å². The van der Waals surface area contributed by atoms with Crippen molar-refractivity contribution in [1.29, 1.82) is 0 Å². The average Bonchev–Trinajstić information content (AvgIpc) is 3.14. The van der Waals surface area contributed by atoms with Crippen LogP contribution in [-0.2, 0) is 0 Å². The summed E-state index contributed by atoms with van der Waals surface area (Å²) in [6, 6.07) is 17.8. The maximum absolute atomic E-state index is 13.5. The lowest BCUT2D eigenvalue weighted by Gasteiger charge is -2.37. The van der Waals surface area contributed by atoms with Gasteiger partial charge in [0.15, 0.2) is 5.16 Å². The first-order valence-corrected chi connectivity index (χ1v) is 11.7. The zero-order valence-corrected chi connectivity index (χ0v) is 18.1. The number of thioether (sulfide) groups is 1. The van der Waals surface area contributed by atoms with Gasteiger partial charge in [0.2, 0.25) is 0 Å². The summed E-state index contributed by atoms with van der Waals surface area (Å²) >= 11 is 1.70. The highest BCUT2D eigenvalue weighted by molar-refractivity contribution is 7.99. The van der Waals surface area contributed by atoms with Crippen molar-refractivity contribution < 1.29 is 4.48 Å². The van der Waals surface area contributed by atoms with Crippen molar-refractivity contribution in [3.63, 3.8) is 0 Å². The number of nitrogens with zero attached hydrogens (tertiary/aromatic N) is 3. The molecule has 3 heterocycles. The van der Waals surface area contributed by atoms with Gasteiger partial charge in [-0.15, -0.1) is 0 Å². The van der Waals surface area contributed by atoms with Crippen molar-refractivity contribution in [3.8, 4) is 5.69 Å². The molecular weight excluding hydrogens is 392 g/mol. The molecule has 1 aliphatic heterocycles. The van der Waals surface area contributed by atoms with Gasteiger partial charge in [-0.05, 0) is 37.5 Å². The van der Waals surface area contributed by atoms with E-state index >= 15 is 0 Å². The minimum Gasteiger partial charge on any atom is -0.349 e. The molecule has 5 nitrogen and oxygen atoms in total. The smallest absolute Gasteiger partial charge is 0.283 e. The second-order valence-electron chi connectivity index (χ2n) is 8.46. The molecule has 1 aliphatic rings. The highest BCUT2D eigenvalue weighted by Gasteiger charge is 2.25. The van der Waals surface area contributed by atoms with Crippen LogP contribution in [0.1, 0.15) is 19.3 Å². The molecule has 30 heavy (non-hydrogen) atoms. The first kappa shape index (κ1) is 19.4. The zero-order chi connectivity index (χ0) is 20.6. The van der Waals surface area contributed by atoms with E-state index in [9.17, 15) is 4.79 Å². The fourth-order valence-electron chi connectivity index (χ4n) is 4.50. The summed E-state index contributed by atoms with van der Waals surface area (Å²) in [6.07, 6.45) is 3.98. The van der Waals surface area contributed by atoms with Gasteiger partial charge in [-0.2, -0.15) is 0 Å². The van der Waals surface area contributed by atoms with Crippen LogP contribution in [0.2, 0.25) is 0 Å². The van der Waals surface area contributed by atoms with E-state index in [0.717, 1.165) is 44.0 Å². The molecule has 1 fully saturated rings. The number of hydrogen-bond donors (Lipinski definition) is 1. The van der Waals surface area contributed by atoms with Gasteiger partial charge >= 0.3 is 0 Å². The fourth-order valence-corrected chi connectivity index (χ4v) is 5.69. The minimum atomic E-state index is -0.0386. The zero-order valence-electron chi connectivity index (χ0n) is 17.3. The normalized spacial score (nSPS) is 16.3. The molecule has 0 radical (unpaired) electrons. The quantitative estimate of drug-likeness (QED) is 0.292. The molecular formula is C24H27N4OS+. The molecule has 1 N–H and O–H groups in total. The van der Waals surface area contributed by atoms with E-state index in [1.165, 1.54) is 32.4 Å². The van der Waals surface area contributed by atoms with Gasteiger partial charge in [-0.25, -0.2) is 4.98 Å². The topological polar surface area (TPSA) is 50.7 Å². The van der Waals surface area contributed by atoms with Crippen LogP contribution in [0.5, 0.6) is 0 Å². The van der Waals surface area contributed by atoms with Gasteiger partial charge < -0.3 is 9.47 Å². The van der Waals surface area contributed by atoms with Crippen LogP contribution < -0.4 is 5.56 Å². The largest absolute Gasteiger partial charge is 0.349 e. The van der Waals surface area contributed by atoms with Crippen LogP contribution in [-0.4, -0.2) is 51.5 Å². The molecule has 0 atom stereocenters. The Kier molecular flexibility index (Phi) is 5.13. The lowest BCUT2D eigenvalue weighted by Crippen LogP contribution is -2.49. The van der Waals surface area contributed by atoms with Gasteiger partial charge in [0.05, 0.1) is 38.1 Å². The third kappa shape index (κ3) is 3.55. The first-order valence-electron chi connectivity index (χ1n) is 10.7. The predicted octanol–water partition coefficient (Wildman–Crippen LogP) is 4.59. The average molecular weight is 420 g/mol. The van der Waals surface area contributed by atoms with Crippen LogP contribution in [0.25, 0.3) is 27.6 Å². The summed E-state index contributed by atoms with van der Waals surface area (Å²) in [5, 5.41) is 1.77. The molecule has 154 valence electrons. The summed E-state index contributed by atoms with van der Waals surface area (Å²) in [4.78, 5) is 21.8. The van der Waals surface area contributed by atoms with Gasteiger partial charge in [0.1, 0.15) is 11.0 Å². The van der Waals surface area contributed by atoms with E-state index < -0.39 is 0 Å². The van der Waals surface area contributed by atoms with Crippen molar-refractivity contribution in [3.05, 3.63) is 65.0 Å². The Morgan fingerprint density at radius 1 is 1.03 bits per heavy atom. The Balaban J connectivity index is 1.57. The molecule has 0 aliphatic carbocycles. The Morgan fingerprint density at radius 2 is 1.77 bits per heavy atom. The third-order valence-corrected chi connectivity index (χ3v) is 7.19. The number of nitrogens with one attached hydrogen (secondary N) is 1. The SMILES string of the molecule is C[N+]1(CCSc2nc3c([nH]c4ccccc43)c(=O)n2-c2ccccc2)CCCCC1. The second-order valence-corrected chi connectivity index (χ2v) is 9.53. The highest BCUT2D eigenvalue weighted by Crippen LogP contribution is 2.27. The number of piperidine rings is 1. The lowest BCUT2D eigenvalue weighted by molar-refractivity contribution is -0.911. The Morgan fingerprint density at radius 3 is 2.57 bits per heavy atom. The molecule has 2 aromatic heterocycles. The Bertz CT molecular complexity index is 1240. The summed E-state index contributed by atoms with van der Waals surface area (Å²) in [5.41, 5.74) is 3.10. The molecule has 0 unspecified atom stereocenters. The van der Waals surface area contributed by atoms with E-state index in [1.54, 1.807) is 16.3 Å². The minimum absolute atomic E-state index is 0.0386.